The maximum absolute atomic E-state index is 6.08. The number of halogens is 3. The van der Waals surface area contributed by atoms with Crippen molar-refractivity contribution in [3.63, 3.8) is 0 Å². The van der Waals surface area contributed by atoms with Crippen LogP contribution in [0.15, 0.2) is 45.3 Å². The standard InChI is InChI=1S/C14H11Br2ClN2S/c1-8-11(17)3-2-4-12(8)18-14(20)19-13-6-5-9(15)7-10(13)16/h2-7H,1H3,(H2,18,19,20). The molecule has 2 rings (SSSR count). The van der Waals surface area contributed by atoms with E-state index in [0.717, 1.165) is 25.9 Å². The third-order valence-electron chi connectivity index (χ3n) is 2.70. The summed E-state index contributed by atoms with van der Waals surface area (Å²) < 4.78 is 1.93. The SMILES string of the molecule is Cc1c(Cl)cccc1NC(=S)Nc1ccc(Br)cc1Br. The van der Waals surface area contributed by atoms with Crippen molar-refractivity contribution in [2.45, 2.75) is 6.92 Å². The summed E-state index contributed by atoms with van der Waals surface area (Å²) in [5, 5.41) is 7.51. The van der Waals surface area contributed by atoms with Gasteiger partial charge in [-0.05, 0) is 71.0 Å². The van der Waals surface area contributed by atoms with Crippen LogP contribution in [0.3, 0.4) is 0 Å². The highest BCUT2D eigenvalue weighted by Gasteiger charge is 2.06. The topological polar surface area (TPSA) is 24.1 Å². The molecule has 0 atom stereocenters. The summed E-state index contributed by atoms with van der Waals surface area (Å²) in [6.45, 7) is 1.95. The van der Waals surface area contributed by atoms with Crippen LogP contribution in [0.2, 0.25) is 5.02 Å². The monoisotopic (exact) mass is 432 g/mol. The van der Waals surface area contributed by atoms with Gasteiger partial charge in [0.2, 0.25) is 0 Å². The molecule has 0 unspecified atom stereocenters. The van der Waals surface area contributed by atoms with E-state index < -0.39 is 0 Å². The number of hydrogen-bond donors (Lipinski definition) is 2. The fourth-order valence-electron chi connectivity index (χ4n) is 1.61. The van der Waals surface area contributed by atoms with Crippen molar-refractivity contribution >= 4 is 72.2 Å². The van der Waals surface area contributed by atoms with E-state index in [1.54, 1.807) is 0 Å². The third-order valence-corrected chi connectivity index (χ3v) is 4.46. The van der Waals surface area contributed by atoms with Gasteiger partial charge in [0, 0.05) is 19.7 Å². The first-order valence-electron chi connectivity index (χ1n) is 5.75. The van der Waals surface area contributed by atoms with Crippen LogP contribution in [0.25, 0.3) is 0 Å². The van der Waals surface area contributed by atoms with E-state index in [1.807, 2.05) is 43.3 Å². The molecule has 6 heteroatoms. The van der Waals surface area contributed by atoms with E-state index in [0.29, 0.717) is 10.1 Å². The maximum Gasteiger partial charge on any atom is 0.175 e. The Kier molecular flexibility index (Phi) is 5.43. The first-order chi connectivity index (χ1) is 9.47. The molecule has 0 fully saturated rings. The average molecular weight is 435 g/mol. The molecule has 0 aliphatic rings. The zero-order valence-electron chi connectivity index (χ0n) is 10.5. The van der Waals surface area contributed by atoms with Crippen molar-refractivity contribution in [2.75, 3.05) is 10.6 Å². The normalized spacial score (nSPS) is 10.2. The van der Waals surface area contributed by atoms with Gasteiger partial charge in [-0.1, -0.05) is 33.6 Å². The predicted molar refractivity (Wildman–Crippen MR) is 97.9 cm³/mol. The Hall–Kier alpha value is -0.620. The fourth-order valence-corrected chi connectivity index (χ4v) is 3.15. The van der Waals surface area contributed by atoms with E-state index in [-0.39, 0.29) is 0 Å². The summed E-state index contributed by atoms with van der Waals surface area (Å²) in [7, 11) is 0. The number of anilines is 2. The summed E-state index contributed by atoms with van der Waals surface area (Å²) in [5.41, 5.74) is 2.75. The lowest BCUT2D eigenvalue weighted by atomic mass is 10.2. The minimum atomic E-state index is 0.512. The zero-order chi connectivity index (χ0) is 14.7. The van der Waals surface area contributed by atoms with Gasteiger partial charge in [-0.15, -0.1) is 0 Å². The Morgan fingerprint density at radius 3 is 2.50 bits per heavy atom. The van der Waals surface area contributed by atoms with Gasteiger partial charge in [0.05, 0.1) is 5.69 Å². The average Bonchev–Trinajstić information content (AvgIpc) is 2.38. The second-order valence-electron chi connectivity index (χ2n) is 4.12. The Labute approximate surface area is 145 Å². The van der Waals surface area contributed by atoms with Crippen molar-refractivity contribution in [1.29, 1.82) is 0 Å². The van der Waals surface area contributed by atoms with Gasteiger partial charge in [0.1, 0.15) is 0 Å². The van der Waals surface area contributed by atoms with Crippen LogP contribution in [-0.4, -0.2) is 5.11 Å². The van der Waals surface area contributed by atoms with Gasteiger partial charge < -0.3 is 10.6 Å². The molecule has 0 saturated carbocycles. The van der Waals surface area contributed by atoms with Gasteiger partial charge in [-0.3, -0.25) is 0 Å². The van der Waals surface area contributed by atoms with Crippen LogP contribution in [0, 0.1) is 6.92 Å². The first kappa shape index (κ1) is 15.8. The number of rotatable bonds is 2. The van der Waals surface area contributed by atoms with Gasteiger partial charge in [-0.25, -0.2) is 0 Å². The van der Waals surface area contributed by atoms with Gasteiger partial charge >= 0.3 is 0 Å². The molecule has 2 aromatic rings. The Morgan fingerprint density at radius 1 is 1.10 bits per heavy atom. The fraction of sp³-hybridized carbons (Fsp3) is 0.0714. The molecule has 2 aromatic carbocycles. The van der Waals surface area contributed by atoms with Gasteiger partial charge in [0.15, 0.2) is 5.11 Å². The molecule has 104 valence electrons. The number of hydrogen-bond acceptors (Lipinski definition) is 1. The van der Waals surface area contributed by atoms with Crippen LogP contribution < -0.4 is 10.6 Å². The molecular formula is C14H11Br2ClN2S. The van der Waals surface area contributed by atoms with Crippen LogP contribution in [0.5, 0.6) is 0 Å². The molecule has 2 nitrogen and oxygen atoms in total. The minimum absolute atomic E-state index is 0.512. The second-order valence-corrected chi connectivity index (χ2v) is 6.70. The highest BCUT2D eigenvalue weighted by molar-refractivity contribution is 9.11. The molecule has 0 aliphatic heterocycles. The third kappa shape index (κ3) is 3.95. The molecule has 2 N–H and O–H groups in total. The Bertz CT molecular complexity index is 662. The summed E-state index contributed by atoms with van der Waals surface area (Å²) in [4.78, 5) is 0. The molecule has 0 radical (unpaired) electrons. The van der Waals surface area contributed by atoms with Crippen LogP contribution >= 0.6 is 55.7 Å². The van der Waals surface area contributed by atoms with Crippen molar-refractivity contribution in [3.8, 4) is 0 Å². The largest absolute Gasteiger partial charge is 0.332 e. The lowest BCUT2D eigenvalue weighted by Gasteiger charge is -2.14. The van der Waals surface area contributed by atoms with Crippen molar-refractivity contribution in [2.24, 2.45) is 0 Å². The van der Waals surface area contributed by atoms with Crippen molar-refractivity contribution in [3.05, 3.63) is 55.9 Å². The summed E-state index contributed by atoms with van der Waals surface area (Å²) in [6, 6.07) is 11.5. The number of thiocarbonyl (C=S) groups is 1. The van der Waals surface area contributed by atoms with E-state index in [4.69, 9.17) is 23.8 Å². The Morgan fingerprint density at radius 2 is 1.80 bits per heavy atom. The molecule has 20 heavy (non-hydrogen) atoms. The quantitative estimate of drug-likeness (QED) is 0.569. The number of nitrogens with one attached hydrogen (secondary N) is 2. The van der Waals surface area contributed by atoms with Crippen molar-refractivity contribution < 1.29 is 0 Å². The highest BCUT2D eigenvalue weighted by atomic mass is 79.9. The lowest BCUT2D eigenvalue weighted by molar-refractivity contribution is 1.45. The smallest absolute Gasteiger partial charge is 0.175 e. The Balaban J connectivity index is 2.11. The highest BCUT2D eigenvalue weighted by Crippen LogP contribution is 2.27. The van der Waals surface area contributed by atoms with Crippen LogP contribution in [0.4, 0.5) is 11.4 Å². The summed E-state index contributed by atoms with van der Waals surface area (Å²) >= 11 is 18.3. The minimum Gasteiger partial charge on any atom is -0.332 e. The zero-order valence-corrected chi connectivity index (χ0v) is 15.3. The molecule has 0 spiro atoms. The summed E-state index contributed by atoms with van der Waals surface area (Å²) in [6.07, 6.45) is 0. The van der Waals surface area contributed by atoms with Crippen LogP contribution in [-0.2, 0) is 0 Å². The van der Waals surface area contributed by atoms with E-state index in [9.17, 15) is 0 Å². The first-order valence-corrected chi connectivity index (χ1v) is 8.13. The molecule has 0 saturated heterocycles. The predicted octanol–water partition coefficient (Wildman–Crippen LogP) is 5.98. The maximum atomic E-state index is 6.08. The molecule has 0 heterocycles. The van der Waals surface area contributed by atoms with E-state index in [1.165, 1.54) is 0 Å². The molecule has 0 bridgehead atoms. The second kappa shape index (κ2) is 6.89. The van der Waals surface area contributed by atoms with Crippen molar-refractivity contribution in [1.82, 2.24) is 0 Å². The summed E-state index contributed by atoms with van der Waals surface area (Å²) in [5.74, 6) is 0. The van der Waals surface area contributed by atoms with Crippen LogP contribution in [0.1, 0.15) is 5.56 Å². The molecule has 0 amide bonds. The molecular weight excluding hydrogens is 423 g/mol. The lowest BCUT2D eigenvalue weighted by Crippen LogP contribution is -2.19. The van der Waals surface area contributed by atoms with Gasteiger partial charge in [0.25, 0.3) is 0 Å². The molecule has 0 aromatic heterocycles. The van der Waals surface area contributed by atoms with E-state index in [2.05, 4.69) is 42.5 Å². The molecule has 0 aliphatic carbocycles. The van der Waals surface area contributed by atoms with E-state index >= 15 is 0 Å². The number of benzene rings is 2. The van der Waals surface area contributed by atoms with Gasteiger partial charge in [-0.2, -0.15) is 0 Å².